The van der Waals surface area contributed by atoms with Crippen LogP contribution in [0.1, 0.15) is 38.7 Å². The summed E-state index contributed by atoms with van der Waals surface area (Å²) in [5.74, 6) is -0.283. The molecule has 126 valence electrons. The fourth-order valence-corrected chi connectivity index (χ4v) is 2.86. The molecular formula is C18H25FN2O2. The van der Waals surface area contributed by atoms with Crippen molar-refractivity contribution >= 4 is 11.8 Å². The van der Waals surface area contributed by atoms with Gasteiger partial charge in [0.2, 0.25) is 11.8 Å². The highest BCUT2D eigenvalue weighted by atomic mass is 19.1. The molecule has 0 radical (unpaired) electrons. The molecule has 2 rings (SSSR count). The summed E-state index contributed by atoms with van der Waals surface area (Å²) in [6.45, 7) is 4.78. The zero-order valence-electron chi connectivity index (χ0n) is 13.8. The molecule has 0 aromatic heterocycles. The zero-order valence-corrected chi connectivity index (χ0v) is 13.8. The van der Waals surface area contributed by atoms with Gasteiger partial charge < -0.3 is 10.2 Å². The molecular weight excluding hydrogens is 295 g/mol. The minimum atomic E-state index is -0.280. The Bertz CT molecular complexity index is 560. The van der Waals surface area contributed by atoms with Crippen molar-refractivity contribution in [3.8, 4) is 0 Å². The van der Waals surface area contributed by atoms with Gasteiger partial charge in [0, 0.05) is 25.4 Å². The number of nitrogens with one attached hydrogen (secondary N) is 1. The number of nitrogens with zero attached hydrogens (tertiary/aromatic N) is 1. The SMILES string of the molecule is CC(C)C(=O)NCC(Cc1cccc(F)c1)N1CCCCC1=O. The second-order valence-corrected chi connectivity index (χ2v) is 6.43. The van der Waals surface area contributed by atoms with Gasteiger partial charge in [-0.05, 0) is 37.0 Å². The minimum absolute atomic E-state index is 0.0290. The normalized spacial score (nSPS) is 16.5. The van der Waals surface area contributed by atoms with Crippen molar-refractivity contribution in [2.45, 2.75) is 45.6 Å². The van der Waals surface area contributed by atoms with Gasteiger partial charge in [-0.2, -0.15) is 0 Å². The summed E-state index contributed by atoms with van der Waals surface area (Å²) in [5.41, 5.74) is 0.840. The molecule has 0 saturated carbocycles. The number of amides is 2. The molecule has 1 aromatic rings. The number of piperidine rings is 1. The third-order valence-electron chi connectivity index (χ3n) is 4.20. The first-order valence-corrected chi connectivity index (χ1v) is 8.29. The second kappa shape index (κ2) is 8.09. The van der Waals surface area contributed by atoms with E-state index in [-0.39, 0.29) is 29.6 Å². The van der Waals surface area contributed by atoms with Crippen LogP contribution in [0.2, 0.25) is 0 Å². The van der Waals surface area contributed by atoms with E-state index in [9.17, 15) is 14.0 Å². The fourth-order valence-electron chi connectivity index (χ4n) is 2.86. The number of benzene rings is 1. The molecule has 2 amide bonds. The van der Waals surface area contributed by atoms with Crippen LogP contribution in [-0.4, -0.2) is 35.8 Å². The molecule has 0 spiro atoms. The van der Waals surface area contributed by atoms with E-state index in [2.05, 4.69) is 5.32 Å². The third-order valence-corrected chi connectivity index (χ3v) is 4.20. The van der Waals surface area contributed by atoms with Gasteiger partial charge in [0.25, 0.3) is 0 Å². The van der Waals surface area contributed by atoms with Gasteiger partial charge in [-0.1, -0.05) is 26.0 Å². The molecule has 1 aliphatic rings. The van der Waals surface area contributed by atoms with Gasteiger partial charge in [-0.3, -0.25) is 9.59 Å². The predicted molar refractivity (Wildman–Crippen MR) is 87.3 cm³/mol. The molecule has 1 atom stereocenters. The van der Waals surface area contributed by atoms with Crippen molar-refractivity contribution in [2.24, 2.45) is 5.92 Å². The Morgan fingerprint density at radius 2 is 2.13 bits per heavy atom. The van der Waals surface area contributed by atoms with E-state index in [1.807, 2.05) is 24.8 Å². The molecule has 5 heteroatoms. The summed E-state index contributed by atoms with van der Waals surface area (Å²) in [6.07, 6.45) is 2.99. The van der Waals surface area contributed by atoms with Crippen LogP contribution < -0.4 is 5.32 Å². The topological polar surface area (TPSA) is 49.4 Å². The zero-order chi connectivity index (χ0) is 16.8. The van der Waals surface area contributed by atoms with Crippen molar-refractivity contribution in [1.82, 2.24) is 10.2 Å². The molecule has 1 N–H and O–H groups in total. The van der Waals surface area contributed by atoms with Gasteiger partial charge in [0.05, 0.1) is 6.04 Å². The fraction of sp³-hybridized carbons (Fsp3) is 0.556. The van der Waals surface area contributed by atoms with Gasteiger partial charge in [0.15, 0.2) is 0 Å². The number of carbonyl (C=O) groups is 2. The Labute approximate surface area is 137 Å². The highest BCUT2D eigenvalue weighted by molar-refractivity contribution is 5.79. The van der Waals surface area contributed by atoms with E-state index in [1.165, 1.54) is 12.1 Å². The van der Waals surface area contributed by atoms with Crippen molar-refractivity contribution in [3.05, 3.63) is 35.6 Å². The molecule has 23 heavy (non-hydrogen) atoms. The van der Waals surface area contributed by atoms with Gasteiger partial charge >= 0.3 is 0 Å². The van der Waals surface area contributed by atoms with Crippen LogP contribution in [0.4, 0.5) is 4.39 Å². The summed E-state index contributed by atoms with van der Waals surface area (Å²) in [6, 6.07) is 6.30. The second-order valence-electron chi connectivity index (χ2n) is 6.43. The quantitative estimate of drug-likeness (QED) is 0.875. The predicted octanol–water partition coefficient (Wildman–Crippen LogP) is 2.52. The lowest BCUT2D eigenvalue weighted by Crippen LogP contribution is -2.50. The van der Waals surface area contributed by atoms with E-state index >= 15 is 0 Å². The molecule has 1 saturated heterocycles. The summed E-state index contributed by atoms with van der Waals surface area (Å²) in [4.78, 5) is 25.9. The number of rotatable bonds is 6. The van der Waals surface area contributed by atoms with Crippen LogP contribution in [0.25, 0.3) is 0 Å². The summed E-state index contributed by atoms with van der Waals surface area (Å²) in [7, 11) is 0. The Morgan fingerprint density at radius 3 is 2.78 bits per heavy atom. The smallest absolute Gasteiger partial charge is 0.222 e. The number of likely N-dealkylation sites (tertiary alicyclic amines) is 1. The maximum Gasteiger partial charge on any atom is 0.222 e. The molecule has 1 heterocycles. The third kappa shape index (κ3) is 5.05. The Morgan fingerprint density at radius 1 is 1.35 bits per heavy atom. The largest absolute Gasteiger partial charge is 0.354 e. The molecule has 1 aliphatic heterocycles. The molecule has 1 unspecified atom stereocenters. The Balaban J connectivity index is 2.09. The molecule has 0 bridgehead atoms. The summed E-state index contributed by atoms with van der Waals surface area (Å²) >= 11 is 0. The van der Waals surface area contributed by atoms with Crippen LogP contribution >= 0.6 is 0 Å². The first-order valence-electron chi connectivity index (χ1n) is 8.29. The number of carbonyl (C=O) groups excluding carboxylic acids is 2. The number of hydrogen-bond acceptors (Lipinski definition) is 2. The lowest BCUT2D eigenvalue weighted by molar-refractivity contribution is -0.136. The monoisotopic (exact) mass is 320 g/mol. The van der Waals surface area contributed by atoms with Crippen LogP contribution in [0.3, 0.4) is 0 Å². The van der Waals surface area contributed by atoms with E-state index < -0.39 is 0 Å². The van der Waals surface area contributed by atoms with Crippen LogP contribution in [0.15, 0.2) is 24.3 Å². The van der Waals surface area contributed by atoms with E-state index in [4.69, 9.17) is 0 Å². The van der Waals surface area contributed by atoms with Crippen molar-refractivity contribution in [3.63, 3.8) is 0 Å². The summed E-state index contributed by atoms with van der Waals surface area (Å²) < 4.78 is 13.4. The Kier molecular flexibility index (Phi) is 6.13. The average Bonchev–Trinajstić information content (AvgIpc) is 2.51. The van der Waals surface area contributed by atoms with Gasteiger partial charge in [0.1, 0.15) is 5.82 Å². The number of hydrogen-bond donors (Lipinski definition) is 1. The maximum atomic E-state index is 13.4. The standard InChI is InChI=1S/C18H25FN2O2/c1-13(2)18(23)20-12-16(21-9-4-3-8-17(21)22)11-14-6-5-7-15(19)10-14/h5-7,10,13,16H,3-4,8-9,11-12H2,1-2H3,(H,20,23). The lowest BCUT2D eigenvalue weighted by atomic mass is 10.0. The van der Waals surface area contributed by atoms with Crippen LogP contribution in [0.5, 0.6) is 0 Å². The minimum Gasteiger partial charge on any atom is -0.354 e. The van der Waals surface area contributed by atoms with Gasteiger partial charge in [-0.15, -0.1) is 0 Å². The van der Waals surface area contributed by atoms with Crippen LogP contribution in [0, 0.1) is 11.7 Å². The average molecular weight is 320 g/mol. The van der Waals surface area contributed by atoms with E-state index in [0.717, 1.165) is 18.4 Å². The first-order chi connectivity index (χ1) is 11.0. The lowest BCUT2D eigenvalue weighted by Gasteiger charge is -2.35. The highest BCUT2D eigenvalue weighted by Crippen LogP contribution is 2.17. The first kappa shape index (κ1) is 17.4. The Hall–Kier alpha value is -1.91. The molecule has 1 fully saturated rings. The van der Waals surface area contributed by atoms with Gasteiger partial charge in [-0.25, -0.2) is 4.39 Å². The molecule has 4 nitrogen and oxygen atoms in total. The molecule has 1 aromatic carbocycles. The highest BCUT2D eigenvalue weighted by Gasteiger charge is 2.27. The van der Waals surface area contributed by atoms with Crippen molar-refractivity contribution < 1.29 is 14.0 Å². The van der Waals surface area contributed by atoms with Crippen molar-refractivity contribution in [1.29, 1.82) is 0 Å². The van der Waals surface area contributed by atoms with E-state index in [1.54, 1.807) is 6.07 Å². The van der Waals surface area contributed by atoms with E-state index in [0.29, 0.717) is 25.9 Å². The number of halogens is 1. The summed E-state index contributed by atoms with van der Waals surface area (Å²) in [5, 5.41) is 2.91. The molecule has 0 aliphatic carbocycles. The maximum absolute atomic E-state index is 13.4. The van der Waals surface area contributed by atoms with Crippen LogP contribution in [-0.2, 0) is 16.0 Å². The van der Waals surface area contributed by atoms with Crippen molar-refractivity contribution in [2.75, 3.05) is 13.1 Å².